The van der Waals surface area contributed by atoms with Gasteiger partial charge in [-0.2, -0.15) is 0 Å². The number of nitrogens with zero attached hydrogens (tertiary/aromatic N) is 2. The molecule has 27 heavy (non-hydrogen) atoms. The molecule has 2 aromatic carbocycles. The van der Waals surface area contributed by atoms with E-state index in [1.165, 1.54) is 11.0 Å². The largest absolute Gasteiger partial charge is 0.339 e. The van der Waals surface area contributed by atoms with Gasteiger partial charge in [-0.05, 0) is 36.6 Å². The summed E-state index contributed by atoms with van der Waals surface area (Å²) in [5.41, 5.74) is 1.20. The normalized spacial score (nSPS) is 15.5. The van der Waals surface area contributed by atoms with Crippen LogP contribution in [-0.2, 0) is 16.1 Å². The number of carbonyl (C=O) groups excluding carboxylic acids is 2. The molecule has 4 nitrogen and oxygen atoms in total. The summed E-state index contributed by atoms with van der Waals surface area (Å²) in [6.45, 7) is 0.693. The molecular formula is C21H22BrFN2O2. The van der Waals surface area contributed by atoms with E-state index in [1.807, 2.05) is 30.3 Å². The van der Waals surface area contributed by atoms with Gasteiger partial charge in [0.1, 0.15) is 11.9 Å². The van der Waals surface area contributed by atoms with Gasteiger partial charge in [-0.15, -0.1) is 0 Å². The summed E-state index contributed by atoms with van der Waals surface area (Å²) < 4.78 is 14.9. The van der Waals surface area contributed by atoms with Crippen molar-refractivity contribution in [2.24, 2.45) is 0 Å². The zero-order chi connectivity index (χ0) is 19.4. The van der Waals surface area contributed by atoms with E-state index in [-0.39, 0.29) is 24.2 Å². The Morgan fingerprint density at radius 1 is 1.22 bits per heavy atom. The molecule has 0 bridgehead atoms. The Morgan fingerprint density at radius 3 is 2.67 bits per heavy atom. The van der Waals surface area contributed by atoms with Crippen LogP contribution in [0.25, 0.3) is 0 Å². The summed E-state index contributed by atoms with van der Waals surface area (Å²) in [6, 6.07) is 13.3. The highest BCUT2D eigenvalue weighted by Crippen LogP contribution is 2.28. The highest BCUT2D eigenvalue weighted by molar-refractivity contribution is 9.10. The molecule has 142 valence electrons. The molecule has 1 unspecified atom stereocenters. The van der Waals surface area contributed by atoms with Crippen LogP contribution in [0.2, 0.25) is 0 Å². The number of hydrogen-bond donors (Lipinski definition) is 0. The number of carbonyl (C=O) groups is 2. The molecule has 1 aliphatic rings. The number of rotatable bonds is 5. The Bertz CT molecular complexity index is 828. The third-order valence-corrected chi connectivity index (χ3v) is 5.31. The van der Waals surface area contributed by atoms with Gasteiger partial charge in [0.15, 0.2) is 0 Å². The first kappa shape index (κ1) is 19.5. The highest BCUT2D eigenvalue weighted by atomic mass is 79.9. The van der Waals surface area contributed by atoms with Crippen molar-refractivity contribution in [3.63, 3.8) is 0 Å². The first-order valence-corrected chi connectivity index (χ1v) is 9.80. The second-order valence-electron chi connectivity index (χ2n) is 6.79. The monoisotopic (exact) mass is 432 g/mol. The molecular weight excluding hydrogens is 411 g/mol. The molecule has 0 aromatic heterocycles. The quantitative estimate of drug-likeness (QED) is 0.706. The van der Waals surface area contributed by atoms with E-state index in [0.29, 0.717) is 18.5 Å². The van der Waals surface area contributed by atoms with Crippen molar-refractivity contribution in [1.82, 2.24) is 9.80 Å². The van der Waals surface area contributed by atoms with Gasteiger partial charge < -0.3 is 9.80 Å². The first-order valence-electron chi connectivity index (χ1n) is 9.00. The van der Waals surface area contributed by atoms with Crippen molar-refractivity contribution < 1.29 is 14.0 Å². The molecule has 1 atom stereocenters. The third kappa shape index (κ3) is 4.56. The highest BCUT2D eigenvalue weighted by Gasteiger charge is 2.34. The van der Waals surface area contributed by atoms with Crippen LogP contribution in [0.5, 0.6) is 0 Å². The van der Waals surface area contributed by atoms with Crippen LogP contribution in [0.3, 0.4) is 0 Å². The average Bonchev–Trinajstić information content (AvgIpc) is 2.67. The summed E-state index contributed by atoms with van der Waals surface area (Å²) in [5.74, 6) is -0.579. The minimum atomic E-state index is -0.681. The average molecular weight is 433 g/mol. The summed E-state index contributed by atoms with van der Waals surface area (Å²) in [4.78, 5) is 28.9. The predicted octanol–water partition coefficient (Wildman–Crippen LogP) is 4.30. The molecule has 1 fully saturated rings. The number of piperidine rings is 1. The summed E-state index contributed by atoms with van der Waals surface area (Å²) in [5, 5.41) is 0. The third-order valence-electron chi connectivity index (χ3n) is 4.81. The molecule has 0 saturated carbocycles. The van der Waals surface area contributed by atoms with Crippen molar-refractivity contribution in [2.75, 3.05) is 13.6 Å². The van der Waals surface area contributed by atoms with Crippen LogP contribution in [0.1, 0.15) is 36.4 Å². The molecule has 1 aliphatic heterocycles. The standard InChI is InChI=1S/C21H22BrFN2O2/c1-24(14-16-13-17(22)10-11-18(16)23)21(27)20(15-7-3-2-4-8-15)25-12-6-5-9-19(25)26/h2-4,7-8,10-11,13,20H,5-6,9,12,14H2,1H3. The van der Waals surface area contributed by atoms with Crippen LogP contribution >= 0.6 is 15.9 Å². The molecule has 6 heteroatoms. The smallest absolute Gasteiger partial charge is 0.250 e. The molecule has 0 N–H and O–H groups in total. The van der Waals surface area contributed by atoms with Crippen molar-refractivity contribution in [3.8, 4) is 0 Å². The fourth-order valence-corrected chi connectivity index (χ4v) is 3.81. The SMILES string of the molecule is CN(Cc1cc(Br)ccc1F)C(=O)C(c1ccccc1)N1CCCCC1=O. The first-order chi connectivity index (χ1) is 13.0. The number of hydrogen-bond acceptors (Lipinski definition) is 2. The number of benzene rings is 2. The summed E-state index contributed by atoms with van der Waals surface area (Å²) >= 11 is 3.34. The van der Waals surface area contributed by atoms with Gasteiger partial charge in [0, 0.05) is 36.6 Å². The van der Waals surface area contributed by atoms with E-state index in [9.17, 15) is 14.0 Å². The molecule has 2 amide bonds. The van der Waals surface area contributed by atoms with Gasteiger partial charge in [0.2, 0.25) is 11.8 Å². The van der Waals surface area contributed by atoms with E-state index in [2.05, 4.69) is 15.9 Å². The Kier molecular flexibility index (Phi) is 6.26. The van der Waals surface area contributed by atoms with Crippen molar-refractivity contribution >= 4 is 27.7 Å². The fraction of sp³-hybridized carbons (Fsp3) is 0.333. The second-order valence-corrected chi connectivity index (χ2v) is 7.70. The minimum Gasteiger partial charge on any atom is -0.339 e. The van der Waals surface area contributed by atoms with Crippen LogP contribution in [0, 0.1) is 5.82 Å². The maximum atomic E-state index is 14.1. The fourth-order valence-electron chi connectivity index (χ4n) is 3.40. The van der Waals surface area contributed by atoms with E-state index in [1.54, 1.807) is 24.1 Å². The Morgan fingerprint density at radius 2 is 1.96 bits per heavy atom. The van der Waals surface area contributed by atoms with Gasteiger partial charge in [-0.3, -0.25) is 9.59 Å². The van der Waals surface area contributed by atoms with Crippen molar-refractivity contribution in [1.29, 1.82) is 0 Å². The molecule has 1 heterocycles. The second kappa shape index (κ2) is 8.65. The predicted molar refractivity (Wildman–Crippen MR) is 105 cm³/mol. The Balaban J connectivity index is 1.88. The molecule has 0 aliphatic carbocycles. The lowest BCUT2D eigenvalue weighted by Gasteiger charge is -2.36. The maximum absolute atomic E-state index is 14.1. The van der Waals surface area contributed by atoms with Crippen LogP contribution in [0.4, 0.5) is 4.39 Å². The van der Waals surface area contributed by atoms with E-state index in [4.69, 9.17) is 0 Å². The zero-order valence-corrected chi connectivity index (χ0v) is 16.8. The summed E-state index contributed by atoms with van der Waals surface area (Å²) in [6.07, 6.45) is 2.19. The lowest BCUT2D eigenvalue weighted by Crippen LogP contribution is -2.46. The van der Waals surface area contributed by atoms with Crippen molar-refractivity contribution in [2.45, 2.75) is 31.8 Å². The number of amides is 2. The van der Waals surface area contributed by atoms with Gasteiger partial charge in [-0.1, -0.05) is 46.3 Å². The van der Waals surface area contributed by atoms with Crippen LogP contribution < -0.4 is 0 Å². The Labute approximate surface area is 167 Å². The zero-order valence-electron chi connectivity index (χ0n) is 15.2. The van der Waals surface area contributed by atoms with Crippen LogP contribution in [0.15, 0.2) is 53.0 Å². The van der Waals surface area contributed by atoms with Gasteiger partial charge in [0.25, 0.3) is 0 Å². The number of likely N-dealkylation sites (tertiary alicyclic amines) is 1. The molecule has 0 radical (unpaired) electrons. The Hall–Kier alpha value is -2.21. The topological polar surface area (TPSA) is 40.6 Å². The molecule has 2 aromatic rings. The van der Waals surface area contributed by atoms with Crippen molar-refractivity contribution in [3.05, 3.63) is 69.9 Å². The molecule has 0 spiro atoms. The molecule has 3 rings (SSSR count). The number of halogens is 2. The van der Waals surface area contributed by atoms with Gasteiger partial charge in [0.05, 0.1) is 0 Å². The summed E-state index contributed by atoms with van der Waals surface area (Å²) in [7, 11) is 1.65. The minimum absolute atomic E-state index is 0.00881. The lowest BCUT2D eigenvalue weighted by atomic mass is 10.00. The van der Waals surface area contributed by atoms with Gasteiger partial charge in [-0.25, -0.2) is 4.39 Å². The van der Waals surface area contributed by atoms with E-state index >= 15 is 0 Å². The maximum Gasteiger partial charge on any atom is 0.250 e. The van der Waals surface area contributed by atoms with Crippen LogP contribution in [-0.4, -0.2) is 35.2 Å². The molecule has 1 saturated heterocycles. The lowest BCUT2D eigenvalue weighted by molar-refractivity contribution is -0.147. The van der Waals surface area contributed by atoms with E-state index in [0.717, 1.165) is 22.9 Å². The van der Waals surface area contributed by atoms with E-state index < -0.39 is 6.04 Å². The number of likely N-dealkylation sites (N-methyl/N-ethyl adjacent to an activating group) is 1. The van der Waals surface area contributed by atoms with Gasteiger partial charge >= 0.3 is 0 Å².